The number of hydrogen-bond acceptors (Lipinski definition) is 5. The molecule has 0 aliphatic rings. The normalized spacial score (nSPS) is 14.7. The van der Waals surface area contributed by atoms with Gasteiger partial charge in [0.2, 0.25) is 0 Å². The van der Waals surface area contributed by atoms with Crippen molar-refractivity contribution in [1.82, 2.24) is 29.1 Å². The summed E-state index contributed by atoms with van der Waals surface area (Å²) in [5, 5.41) is 8.48. The van der Waals surface area contributed by atoms with E-state index in [4.69, 9.17) is 4.74 Å². The van der Waals surface area contributed by atoms with E-state index in [1.54, 1.807) is 6.92 Å². The van der Waals surface area contributed by atoms with Crippen LogP contribution in [-0.2, 0) is 12.0 Å². The van der Waals surface area contributed by atoms with Gasteiger partial charge in [-0.15, -0.1) is 0 Å². The summed E-state index contributed by atoms with van der Waals surface area (Å²) in [5.41, 5.74) is -2.13. The van der Waals surface area contributed by atoms with Crippen molar-refractivity contribution in [3.63, 3.8) is 0 Å². The summed E-state index contributed by atoms with van der Waals surface area (Å²) in [6.45, 7) is 5.84. The Hall–Kier alpha value is -4.10. The first-order chi connectivity index (χ1) is 19.2. The van der Waals surface area contributed by atoms with Gasteiger partial charge in [-0.1, -0.05) is 26.8 Å². The van der Waals surface area contributed by atoms with E-state index >= 15 is 4.39 Å². The zero-order chi connectivity index (χ0) is 30.2. The monoisotopic (exact) mass is 582 g/mol. The van der Waals surface area contributed by atoms with Crippen molar-refractivity contribution in [1.29, 1.82) is 0 Å². The predicted molar refractivity (Wildman–Crippen MR) is 136 cm³/mol. The third-order valence-corrected chi connectivity index (χ3v) is 7.27. The van der Waals surface area contributed by atoms with Crippen LogP contribution in [0.25, 0.3) is 5.69 Å². The maximum atomic E-state index is 15.5. The van der Waals surface area contributed by atoms with Gasteiger partial charge in [-0.2, -0.15) is 19.0 Å². The number of ether oxygens (including phenoxy) is 1. The molecule has 0 saturated heterocycles. The molecular weight excluding hydrogens is 554 g/mol. The Bertz CT molecular complexity index is 1530. The molecule has 4 aromatic rings. The number of hydrogen-bond donors (Lipinski definition) is 0. The van der Waals surface area contributed by atoms with Crippen molar-refractivity contribution in [2.24, 2.45) is 5.41 Å². The smallest absolute Gasteiger partial charge is 0.350 e. The lowest BCUT2D eigenvalue weighted by atomic mass is 9.58. The molecule has 0 saturated carbocycles. The molecule has 220 valence electrons. The quantitative estimate of drug-likeness (QED) is 0.233. The highest BCUT2D eigenvalue weighted by molar-refractivity contribution is 5.37. The molecule has 0 N–H and O–H groups in total. The molecule has 2 heterocycles. The van der Waals surface area contributed by atoms with Gasteiger partial charge in [-0.05, 0) is 48.2 Å². The van der Waals surface area contributed by atoms with Crippen LogP contribution < -0.4 is 10.4 Å². The summed E-state index contributed by atoms with van der Waals surface area (Å²) in [7, 11) is 0. The highest BCUT2D eigenvalue weighted by atomic mass is 19.3. The Morgan fingerprint density at radius 1 is 0.976 bits per heavy atom. The topological polar surface area (TPSA) is 79.8 Å². The van der Waals surface area contributed by atoms with E-state index in [2.05, 4.69) is 15.2 Å². The number of alkyl halides is 4. The Balaban J connectivity index is 1.74. The van der Waals surface area contributed by atoms with Crippen molar-refractivity contribution in [3.8, 4) is 11.4 Å². The van der Waals surface area contributed by atoms with E-state index in [0.29, 0.717) is 0 Å². The Morgan fingerprint density at radius 2 is 1.66 bits per heavy atom. The number of aromatic nitrogens is 6. The molecule has 0 fully saturated rings. The molecular formula is C27H28F6N6O2. The van der Waals surface area contributed by atoms with Crippen LogP contribution in [0, 0.1) is 17.0 Å². The van der Waals surface area contributed by atoms with Crippen molar-refractivity contribution in [3.05, 3.63) is 89.1 Å². The molecule has 8 nitrogen and oxygen atoms in total. The van der Waals surface area contributed by atoms with Crippen LogP contribution in [0.3, 0.4) is 0 Å². The molecule has 14 heteroatoms. The molecule has 0 aliphatic carbocycles. The predicted octanol–water partition coefficient (Wildman–Crippen LogP) is 5.43. The molecule has 2 aromatic heterocycles. The van der Waals surface area contributed by atoms with Crippen LogP contribution in [0.1, 0.15) is 39.3 Å². The number of benzene rings is 2. The molecule has 2 aromatic carbocycles. The first kappa shape index (κ1) is 29.9. The van der Waals surface area contributed by atoms with Crippen molar-refractivity contribution >= 4 is 0 Å². The minimum Gasteiger partial charge on any atom is -0.487 e. The van der Waals surface area contributed by atoms with E-state index in [0.717, 1.165) is 12.1 Å². The molecule has 0 radical (unpaired) electrons. The zero-order valence-electron chi connectivity index (χ0n) is 22.6. The van der Waals surface area contributed by atoms with E-state index in [9.17, 15) is 26.7 Å². The lowest BCUT2D eigenvalue weighted by Gasteiger charge is -2.49. The van der Waals surface area contributed by atoms with Gasteiger partial charge in [0.05, 0.1) is 18.3 Å². The second kappa shape index (κ2) is 11.1. The van der Waals surface area contributed by atoms with Gasteiger partial charge >= 0.3 is 18.0 Å². The summed E-state index contributed by atoms with van der Waals surface area (Å²) in [4.78, 5) is 17.6. The van der Waals surface area contributed by atoms with E-state index in [1.165, 1.54) is 63.2 Å². The minimum absolute atomic E-state index is 0.0643. The van der Waals surface area contributed by atoms with Crippen molar-refractivity contribution < 1.29 is 31.1 Å². The van der Waals surface area contributed by atoms with Gasteiger partial charge in [0.15, 0.2) is 6.61 Å². The SMILES string of the molecule is C[C@@H](n1ncn(-c2ccc(OCC(F)(F)C(F)F)cc2)c1=O)C(Cn1cncn1)(c1ccc(F)cc1F)C(C)(C)C. The average Bonchev–Trinajstić information content (AvgIpc) is 3.55. The van der Waals surface area contributed by atoms with Crippen LogP contribution in [0.2, 0.25) is 0 Å². The van der Waals surface area contributed by atoms with Gasteiger partial charge in [-0.25, -0.2) is 36.6 Å². The maximum Gasteiger partial charge on any atom is 0.350 e. The van der Waals surface area contributed by atoms with Crippen LogP contribution in [-0.4, -0.2) is 48.1 Å². The average molecular weight is 583 g/mol. The summed E-state index contributed by atoms with van der Waals surface area (Å²) in [6.07, 6.45) is 0.142. The van der Waals surface area contributed by atoms with Crippen molar-refractivity contribution in [2.45, 2.75) is 58.0 Å². The molecule has 2 atom stereocenters. The number of rotatable bonds is 10. The lowest BCUT2D eigenvalue weighted by molar-refractivity contribution is -0.148. The molecule has 0 aliphatic heterocycles. The fourth-order valence-electron chi connectivity index (χ4n) is 5.04. The first-order valence-corrected chi connectivity index (χ1v) is 12.5. The first-order valence-electron chi connectivity index (χ1n) is 12.5. The van der Waals surface area contributed by atoms with E-state index in [1.807, 2.05) is 20.8 Å². The third-order valence-electron chi connectivity index (χ3n) is 7.27. The second-order valence-corrected chi connectivity index (χ2v) is 10.7. The third kappa shape index (κ3) is 5.72. The standard InChI is InChI=1S/C27H28F6N6O2/c1-17(26(25(2,3)4,12-37-15-34-14-35-37)21-10-5-18(28)11-22(21)29)39-24(40)38(16-36-39)19-6-8-20(9-7-19)41-13-27(32,33)23(30)31/h5-11,14-17,23H,12-13H2,1-4H3/t17-,26?/m1/s1. The summed E-state index contributed by atoms with van der Waals surface area (Å²) < 4.78 is 89.2. The second-order valence-electron chi connectivity index (χ2n) is 10.7. The summed E-state index contributed by atoms with van der Waals surface area (Å²) in [6, 6.07) is 7.72. The summed E-state index contributed by atoms with van der Waals surface area (Å²) >= 11 is 0. The Labute approximate surface area is 231 Å². The van der Waals surface area contributed by atoms with Crippen LogP contribution in [0.5, 0.6) is 5.75 Å². The molecule has 4 rings (SSSR count). The molecule has 41 heavy (non-hydrogen) atoms. The van der Waals surface area contributed by atoms with Gasteiger partial charge in [0.25, 0.3) is 0 Å². The van der Waals surface area contributed by atoms with Gasteiger partial charge < -0.3 is 4.74 Å². The fraction of sp³-hybridized carbons (Fsp3) is 0.407. The van der Waals surface area contributed by atoms with Gasteiger partial charge in [0, 0.05) is 11.5 Å². The van der Waals surface area contributed by atoms with E-state index in [-0.39, 0.29) is 23.5 Å². The fourth-order valence-corrected chi connectivity index (χ4v) is 5.04. The molecule has 0 spiro atoms. The number of nitrogens with zero attached hydrogens (tertiary/aromatic N) is 6. The van der Waals surface area contributed by atoms with Gasteiger partial charge in [0.1, 0.15) is 36.4 Å². The largest absolute Gasteiger partial charge is 0.487 e. The molecule has 0 bridgehead atoms. The van der Waals surface area contributed by atoms with Gasteiger partial charge in [-0.3, -0.25) is 4.68 Å². The number of halogens is 6. The highest BCUT2D eigenvalue weighted by Crippen LogP contribution is 2.50. The minimum atomic E-state index is -4.32. The Morgan fingerprint density at radius 3 is 2.22 bits per heavy atom. The zero-order valence-corrected chi connectivity index (χ0v) is 22.6. The highest BCUT2D eigenvalue weighted by Gasteiger charge is 2.51. The van der Waals surface area contributed by atoms with Crippen LogP contribution in [0.4, 0.5) is 26.3 Å². The molecule has 0 amide bonds. The Kier molecular flexibility index (Phi) is 8.05. The molecule has 1 unspecified atom stereocenters. The van der Waals surface area contributed by atoms with E-state index < -0.39 is 53.2 Å². The van der Waals surface area contributed by atoms with Crippen LogP contribution in [0.15, 0.2) is 66.2 Å². The maximum absolute atomic E-state index is 15.5. The van der Waals surface area contributed by atoms with Crippen molar-refractivity contribution in [2.75, 3.05) is 6.61 Å². The summed E-state index contributed by atoms with van der Waals surface area (Å²) in [5.74, 6) is -5.97. The van der Waals surface area contributed by atoms with Crippen LogP contribution >= 0.6 is 0 Å². The lowest BCUT2D eigenvalue weighted by Crippen LogP contribution is -2.52.